The molecule has 0 fully saturated rings. The molecule has 1 amide bonds. The van der Waals surface area contributed by atoms with Crippen LogP contribution in [0, 0.1) is 5.82 Å². The van der Waals surface area contributed by atoms with Crippen molar-refractivity contribution >= 4 is 16.9 Å². The molecule has 1 aliphatic heterocycles. The van der Waals surface area contributed by atoms with Crippen LogP contribution >= 0.6 is 0 Å². The van der Waals surface area contributed by atoms with E-state index in [-0.39, 0.29) is 22.3 Å². The van der Waals surface area contributed by atoms with Crippen LogP contribution in [0.4, 0.5) is 4.39 Å². The van der Waals surface area contributed by atoms with Crippen molar-refractivity contribution < 1.29 is 27.8 Å². The van der Waals surface area contributed by atoms with Gasteiger partial charge >= 0.3 is 0 Å². The van der Waals surface area contributed by atoms with Crippen LogP contribution in [0.25, 0.3) is 11.0 Å². The van der Waals surface area contributed by atoms with Gasteiger partial charge in [0.15, 0.2) is 16.9 Å². The standard InChI is InChI=1S/C28H24FNO6/c1-33-19-8-4-16(5-9-19)12-13-30-25(17-6-10-22(34-2)23(14-17)35-3)24-26(31)20-15-18(29)7-11-21(20)36-27(24)28(30)32/h4-11,14-15,25H,12-13H2,1-3H3/t25-/m0/s1. The Morgan fingerprint density at radius 2 is 1.64 bits per heavy atom. The van der Waals surface area contributed by atoms with Crippen LogP contribution in [0.1, 0.15) is 33.3 Å². The lowest BCUT2D eigenvalue weighted by Gasteiger charge is -2.26. The molecule has 0 aliphatic carbocycles. The molecule has 36 heavy (non-hydrogen) atoms. The van der Waals surface area contributed by atoms with Crippen molar-refractivity contribution in [2.24, 2.45) is 0 Å². The fourth-order valence-corrected chi connectivity index (χ4v) is 4.63. The summed E-state index contributed by atoms with van der Waals surface area (Å²) in [6.07, 6.45) is 0.538. The Hall–Kier alpha value is -4.33. The molecule has 0 saturated carbocycles. The summed E-state index contributed by atoms with van der Waals surface area (Å²) in [5.74, 6) is 0.721. The van der Waals surface area contributed by atoms with Crippen LogP contribution in [0.2, 0.25) is 0 Å². The van der Waals surface area contributed by atoms with Crippen LogP contribution in [0.3, 0.4) is 0 Å². The minimum Gasteiger partial charge on any atom is -0.497 e. The fraction of sp³-hybridized carbons (Fsp3) is 0.214. The lowest BCUT2D eigenvalue weighted by atomic mass is 9.97. The number of halogens is 1. The molecular weight excluding hydrogens is 465 g/mol. The number of hydrogen-bond acceptors (Lipinski definition) is 6. The highest BCUT2D eigenvalue weighted by molar-refractivity contribution is 5.99. The summed E-state index contributed by atoms with van der Waals surface area (Å²) in [6.45, 7) is 0.318. The number of benzene rings is 3. The molecule has 0 bridgehead atoms. The van der Waals surface area contributed by atoms with Gasteiger partial charge in [0.1, 0.15) is 17.1 Å². The number of amides is 1. The van der Waals surface area contributed by atoms with Crippen LogP contribution in [0.5, 0.6) is 17.2 Å². The van der Waals surface area contributed by atoms with Crippen LogP contribution in [-0.2, 0) is 6.42 Å². The third kappa shape index (κ3) is 3.94. The van der Waals surface area contributed by atoms with E-state index in [9.17, 15) is 14.0 Å². The molecule has 4 aromatic rings. The van der Waals surface area contributed by atoms with E-state index in [4.69, 9.17) is 18.6 Å². The Kier molecular flexibility index (Phi) is 6.10. The predicted octanol–water partition coefficient (Wildman–Crippen LogP) is 4.75. The van der Waals surface area contributed by atoms with Gasteiger partial charge in [0.05, 0.1) is 38.3 Å². The normalized spacial score (nSPS) is 14.7. The summed E-state index contributed by atoms with van der Waals surface area (Å²) in [7, 11) is 4.65. The third-order valence-electron chi connectivity index (χ3n) is 6.45. The maximum absolute atomic E-state index is 14.0. The van der Waals surface area contributed by atoms with Gasteiger partial charge in [-0.2, -0.15) is 0 Å². The van der Waals surface area contributed by atoms with E-state index in [2.05, 4.69) is 0 Å². The summed E-state index contributed by atoms with van der Waals surface area (Å²) >= 11 is 0. The Morgan fingerprint density at radius 1 is 0.889 bits per heavy atom. The molecule has 1 aliphatic rings. The number of fused-ring (bicyclic) bond motifs is 2. The van der Waals surface area contributed by atoms with E-state index in [1.165, 1.54) is 26.4 Å². The van der Waals surface area contributed by atoms with Crippen LogP contribution < -0.4 is 19.6 Å². The van der Waals surface area contributed by atoms with Crippen LogP contribution in [0.15, 0.2) is 69.9 Å². The second-order valence-corrected chi connectivity index (χ2v) is 8.43. The maximum Gasteiger partial charge on any atom is 0.290 e. The Morgan fingerprint density at radius 3 is 2.33 bits per heavy atom. The SMILES string of the molecule is COc1ccc(CCN2C(=O)c3oc4ccc(F)cc4c(=O)c3[C@@H]2c2ccc(OC)c(OC)c2)cc1. The molecular formula is C28H24FNO6. The number of rotatable bonds is 7. The predicted molar refractivity (Wildman–Crippen MR) is 132 cm³/mol. The van der Waals surface area contributed by atoms with Crippen molar-refractivity contribution in [1.82, 2.24) is 4.90 Å². The molecule has 3 aromatic carbocycles. The summed E-state index contributed by atoms with van der Waals surface area (Å²) < 4.78 is 35.9. The van der Waals surface area contributed by atoms with E-state index >= 15 is 0 Å². The molecule has 2 heterocycles. The zero-order chi connectivity index (χ0) is 25.4. The lowest BCUT2D eigenvalue weighted by molar-refractivity contribution is 0.0730. The quantitative estimate of drug-likeness (QED) is 0.373. The molecule has 5 rings (SSSR count). The van der Waals surface area contributed by atoms with Crippen molar-refractivity contribution in [2.75, 3.05) is 27.9 Å². The minimum atomic E-state index is -0.741. The first kappa shape index (κ1) is 23.4. The molecule has 0 radical (unpaired) electrons. The molecule has 184 valence electrons. The fourth-order valence-electron chi connectivity index (χ4n) is 4.63. The highest BCUT2D eigenvalue weighted by Crippen LogP contribution is 2.41. The van der Waals surface area contributed by atoms with E-state index in [1.807, 2.05) is 24.3 Å². The number of hydrogen-bond donors (Lipinski definition) is 0. The van der Waals surface area contributed by atoms with Gasteiger partial charge < -0.3 is 23.5 Å². The van der Waals surface area contributed by atoms with Crippen molar-refractivity contribution in [3.63, 3.8) is 0 Å². The van der Waals surface area contributed by atoms with Gasteiger partial charge in [-0.15, -0.1) is 0 Å². The third-order valence-corrected chi connectivity index (χ3v) is 6.45. The lowest BCUT2D eigenvalue weighted by Crippen LogP contribution is -2.31. The maximum atomic E-state index is 14.0. The Labute approximate surface area is 206 Å². The smallest absolute Gasteiger partial charge is 0.290 e. The Balaban J connectivity index is 1.63. The van der Waals surface area contributed by atoms with Gasteiger partial charge in [-0.3, -0.25) is 9.59 Å². The van der Waals surface area contributed by atoms with Gasteiger partial charge in [-0.1, -0.05) is 18.2 Å². The van der Waals surface area contributed by atoms with Gasteiger partial charge in [0, 0.05) is 6.54 Å². The first-order valence-corrected chi connectivity index (χ1v) is 11.4. The number of ether oxygens (including phenoxy) is 3. The molecule has 7 nitrogen and oxygen atoms in total. The molecule has 8 heteroatoms. The zero-order valence-corrected chi connectivity index (χ0v) is 20.0. The zero-order valence-electron chi connectivity index (χ0n) is 20.0. The van der Waals surface area contributed by atoms with Gasteiger partial charge in [-0.05, 0) is 60.0 Å². The van der Waals surface area contributed by atoms with Crippen molar-refractivity contribution in [2.45, 2.75) is 12.5 Å². The molecule has 0 N–H and O–H groups in total. The van der Waals surface area contributed by atoms with E-state index < -0.39 is 23.2 Å². The summed E-state index contributed by atoms with van der Waals surface area (Å²) in [5, 5.41) is 0.0871. The molecule has 0 unspecified atom stereocenters. The number of methoxy groups -OCH3 is 3. The first-order valence-electron chi connectivity index (χ1n) is 11.4. The monoisotopic (exact) mass is 489 g/mol. The number of carbonyl (C=O) groups is 1. The molecule has 0 saturated heterocycles. The average Bonchev–Trinajstić information content (AvgIpc) is 3.19. The largest absolute Gasteiger partial charge is 0.497 e. The number of nitrogens with zero attached hydrogens (tertiary/aromatic N) is 1. The molecule has 1 aromatic heterocycles. The highest BCUT2D eigenvalue weighted by Gasteiger charge is 2.42. The van der Waals surface area contributed by atoms with Gasteiger partial charge in [0.2, 0.25) is 5.76 Å². The van der Waals surface area contributed by atoms with Gasteiger partial charge in [0.25, 0.3) is 5.91 Å². The topological polar surface area (TPSA) is 78.2 Å². The Bertz CT molecular complexity index is 1510. The van der Waals surface area contributed by atoms with Crippen molar-refractivity contribution in [1.29, 1.82) is 0 Å². The summed E-state index contributed by atoms with van der Waals surface area (Å²) in [4.78, 5) is 28.8. The second kappa shape index (κ2) is 9.37. The van der Waals surface area contributed by atoms with E-state index in [0.29, 0.717) is 30.0 Å². The van der Waals surface area contributed by atoms with E-state index in [0.717, 1.165) is 17.4 Å². The summed E-state index contributed by atoms with van der Waals surface area (Å²) in [6, 6.07) is 15.8. The second-order valence-electron chi connectivity index (χ2n) is 8.43. The first-order chi connectivity index (χ1) is 17.4. The summed E-state index contributed by atoms with van der Waals surface area (Å²) in [5.41, 5.74) is 1.55. The van der Waals surface area contributed by atoms with Crippen molar-refractivity contribution in [3.05, 3.63) is 99.2 Å². The molecule has 0 spiro atoms. The highest BCUT2D eigenvalue weighted by atomic mass is 19.1. The van der Waals surface area contributed by atoms with E-state index in [1.54, 1.807) is 30.2 Å². The number of carbonyl (C=O) groups excluding carboxylic acids is 1. The van der Waals surface area contributed by atoms with Crippen LogP contribution in [-0.4, -0.2) is 38.7 Å². The van der Waals surface area contributed by atoms with Crippen molar-refractivity contribution in [3.8, 4) is 17.2 Å². The molecule has 1 atom stereocenters. The average molecular weight is 489 g/mol. The van der Waals surface area contributed by atoms with Gasteiger partial charge in [-0.25, -0.2) is 4.39 Å². The minimum absolute atomic E-state index is 0.0337.